The third-order valence-corrected chi connectivity index (χ3v) is 3.64. The monoisotopic (exact) mass is 269 g/mol. The third-order valence-electron chi connectivity index (χ3n) is 3.64. The van der Waals surface area contributed by atoms with Gasteiger partial charge in [0, 0.05) is 27.1 Å². The molecule has 1 fully saturated rings. The molecule has 2 N–H and O–H groups in total. The van der Waals surface area contributed by atoms with Crippen molar-refractivity contribution in [3.8, 4) is 0 Å². The number of nitrogens with zero attached hydrogens (tertiary/aromatic N) is 2. The van der Waals surface area contributed by atoms with Gasteiger partial charge in [0.2, 0.25) is 11.8 Å². The Bertz CT molecular complexity index is 305. The maximum Gasteiger partial charge on any atom is 0.244 e. The largest absolute Gasteiger partial charge is 0.347 e. The first kappa shape index (κ1) is 16.0. The van der Waals surface area contributed by atoms with Gasteiger partial charge < -0.3 is 15.5 Å². The molecule has 0 aromatic heterocycles. The second-order valence-corrected chi connectivity index (χ2v) is 5.43. The standard InChI is InChI=1S/C14H27N3O2/c1-16(2)14(19)12-8-7-11-17(12)13(18)9-5-3-4-6-10-15/h12H,3-11,15H2,1-2H3. The molecule has 0 radical (unpaired) electrons. The van der Waals surface area contributed by atoms with Gasteiger partial charge in [-0.1, -0.05) is 12.8 Å². The Morgan fingerprint density at radius 2 is 1.89 bits per heavy atom. The van der Waals surface area contributed by atoms with Crippen LogP contribution >= 0.6 is 0 Å². The molecule has 1 aliphatic rings. The summed E-state index contributed by atoms with van der Waals surface area (Å²) in [4.78, 5) is 27.5. The van der Waals surface area contributed by atoms with Crippen LogP contribution in [0.2, 0.25) is 0 Å². The zero-order valence-electron chi connectivity index (χ0n) is 12.2. The minimum Gasteiger partial charge on any atom is -0.347 e. The van der Waals surface area contributed by atoms with Crippen molar-refractivity contribution >= 4 is 11.8 Å². The predicted octanol–water partition coefficient (Wildman–Crippen LogP) is 0.975. The number of rotatable bonds is 7. The molecule has 110 valence electrons. The van der Waals surface area contributed by atoms with Crippen molar-refractivity contribution in [2.24, 2.45) is 5.73 Å². The molecule has 1 aliphatic heterocycles. The molecule has 0 spiro atoms. The highest BCUT2D eigenvalue weighted by Crippen LogP contribution is 2.20. The minimum atomic E-state index is -0.230. The van der Waals surface area contributed by atoms with E-state index in [1.807, 2.05) is 0 Å². The number of unbranched alkanes of at least 4 members (excludes halogenated alkanes) is 3. The summed E-state index contributed by atoms with van der Waals surface area (Å²) in [5, 5.41) is 0. The van der Waals surface area contributed by atoms with Gasteiger partial charge in [0.05, 0.1) is 0 Å². The summed E-state index contributed by atoms with van der Waals surface area (Å²) in [6.07, 6.45) is 6.35. The smallest absolute Gasteiger partial charge is 0.244 e. The third kappa shape index (κ3) is 4.82. The van der Waals surface area contributed by atoms with Crippen LogP contribution in [0.3, 0.4) is 0 Å². The molecule has 0 aromatic carbocycles. The van der Waals surface area contributed by atoms with Crippen LogP contribution < -0.4 is 5.73 Å². The van der Waals surface area contributed by atoms with Crippen molar-refractivity contribution < 1.29 is 9.59 Å². The number of hydrogen-bond acceptors (Lipinski definition) is 3. The highest BCUT2D eigenvalue weighted by Gasteiger charge is 2.34. The molecule has 5 heteroatoms. The quantitative estimate of drug-likeness (QED) is 0.700. The van der Waals surface area contributed by atoms with Crippen LogP contribution in [-0.2, 0) is 9.59 Å². The molecular weight excluding hydrogens is 242 g/mol. The average molecular weight is 269 g/mol. The molecule has 1 unspecified atom stereocenters. The molecule has 0 aromatic rings. The van der Waals surface area contributed by atoms with Gasteiger partial charge in [-0.05, 0) is 32.2 Å². The van der Waals surface area contributed by atoms with Crippen LogP contribution in [0.1, 0.15) is 44.9 Å². The van der Waals surface area contributed by atoms with Gasteiger partial charge in [0.25, 0.3) is 0 Å². The van der Waals surface area contributed by atoms with E-state index in [1.165, 1.54) is 0 Å². The van der Waals surface area contributed by atoms with Crippen LogP contribution in [0.25, 0.3) is 0 Å². The van der Waals surface area contributed by atoms with Crippen LogP contribution in [0.15, 0.2) is 0 Å². The topological polar surface area (TPSA) is 66.6 Å². The lowest BCUT2D eigenvalue weighted by Crippen LogP contribution is -2.45. The second-order valence-electron chi connectivity index (χ2n) is 5.43. The Kier molecular flexibility index (Phi) is 6.84. The molecule has 0 saturated carbocycles. The summed E-state index contributed by atoms with van der Waals surface area (Å²) < 4.78 is 0. The van der Waals surface area contributed by atoms with Gasteiger partial charge in [-0.15, -0.1) is 0 Å². The first-order valence-electron chi connectivity index (χ1n) is 7.28. The molecule has 1 atom stereocenters. The zero-order chi connectivity index (χ0) is 14.3. The van der Waals surface area contributed by atoms with E-state index in [1.54, 1.807) is 23.9 Å². The van der Waals surface area contributed by atoms with E-state index in [0.29, 0.717) is 6.42 Å². The van der Waals surface area contributed by atoms with Gasteiger partial charge >= 0.3 is 0 Å². The van der Waals surface area contributed by atoms with Crippen molar-refractivity contribution in [3.63, 3.8) is 0 Å². The number of amides is 2. The maximum absolute atomic E-state index is 12.1. The fourth-order valence-corrected chi connectivity index (χ4v) is 2.54. The van der Waals surface area contributed by atoms with Gasteiger partial charge in [-0.25, -0.2) is 0 Å². The normalized spacial score (nSPS) is 18.7. The Morgan fingerprint density at radius 3 is 2.53 bits per heavy atom. The first-order valence-corrected chi connectivity index (χ1v) is 7.28. The molecule has 1 heterocycles. The van der Waals surface area contributed by atoms with E-state index < -0.39 is 0 Å². The summed E-state index contributed by atoms with van der Waals surface area (Å²) in [6, 6.07) is -0.230. The highest BCUT2D eigenvalue weighted by atomic mass is 16.2. The zero-order valence-corrected chi connectivity index (χ0v) is 12.2. The molecule has 1 rings (SSSR count). The molecule has 0 bridgehead atoms. The minimum absolute atomic E-state index is 0.0500. The van der Waals surface area contributed by atoms with Gasteiger partial charge in [0.15, 0.2) is 0 Å². The predicted molar refractivity (Wildman–Crippen MR) is 75.6 cm³/mol. The van der Waals surface area contributed by atoms with Crippen LogP contribution in [0, 0.1) is 0 Å². The lowest BCUT2D eigenvalue weighted by atomic mass is 10.1. The second kappa shape index (κ2) is 8.15. The van der Waals surface area contributed by atoms with Crippen molar-refractivity contribution in [1.29, 1.82) is 0 Å². The van der Waals surface area contributed by atoms with Crippen molar-refractivity contribution in [1.82, 2.24) is 9.80 Å². The van der Waals surface area contributed by atoms with E-state index >= 15 is 0 Å². The van der Waals surface area contributed by atoms with Gasteiger partial charge in [-0.2, -0.15) is 0 Å². The molecule has 0 aliphatic carbocycles. The van der Waals surface area contributed by atoms with Crippen molar-refractivity contribution in [3.05, 3.63) is 0 Å². The number of carbonyl (C=O) groups excluding carboxylic acids is 2. The van der Waals surface area contributed by atoms with Crippen LogP contribution in [0.5, 0.6) is 0 Å². The summed E-state index contributed by atoms with van der Waals surface area (Å²) >= 11 is 0. The summed E-state index contributed by atoms with van der Waals surface area (Å²) in [7, 11) is 3.49. The summed E-state index contributed by atoms with van der Waals surface area (Å²) in [6.45, 7) is 1.45. The Labute approximate surface area is 116 Å². The van der Waals surface area contributed by atoms with E-state index in [4.69, 9.17) is 5.73 Å². The molecule has 19 heavy (non-hydrogen) atoms. The van der Waals surface area contributed by atoms with Crippen molar-refractivity contribution in [2.45, 2.75) is 51.0 Å². The first-order chi connectivity index (χ1) is 9.07. The SMILES string of the molecule is CN(C)C(=O)C1CCCN1C(=O)CCCCCCN. The lowest BCUT2D eigenvalue weighted by Gasteiger charge is -2.26. The summed E-state index contributed by atoms with van der Waals surface area (Å²) in [5.41, 5.74) is 5.43. The fraction of sp³-hybridized carbons (Fsp3) is 0.857. The van der Waals surface area contributed by atoms with E-state index in [-0.39, 0.29) is 17.9 Å². The van der Waals surface area contributed by atoms with Crippen LogP contribution in [0.4, 0.5) is 0 Å². The van der Waals surface area contributed by atoms with E-state index in [2.05, 4.69) is 0 Å². The molecular formula is C14H27N3O2. The summed E-state index contributed by atoms with van der Waals surface area (Å²) in [5.74, 6) is 0.180. The number of likely N-dealkylation sites (tertiary alicyclic amines) is 1. The van der Waals surface area contributed by atoms with E-state index in [0.717, 1.165) is 51.6 Å². The van der Waals surface area contributed by atoms with E-state index in [9.17, 15) is 9.59 Å². The number of hydrogen-bond donors (Lipinski definition) is 1. The Hall–Kier alpha value is -1.10. The van der Waals surface area contributed by atoms with Crippen molar-refractivity contribution in [2.75, 3.05) is 27.2 Å². The van der Waals surface area contributed by atoms with Crippen LogP contribution in [-0.4, -0.2) is 54.8 Å². The Balaban J connectivity index is 2.36. The maximum atomic E-state index is 12.1. The number of nitrogens with two attached hydrogens (primary N) is 1. The Morgan fingerprint density at radius 1 is 1.21 bits per heavy atom. The molecule has 5 nitrogen and oxygen atoms in total. The van der Waals surface area contributed by atoms with Gasteiger partial charge in [-0.3, -0.25) is 9.59 Å². The number of likely N-dealkylation sites (N-methyl/N-ethyl adjacent to an activating group) is 1. The average Bonchev–Trinajstić information content (AvgIpc) is 2.86. The molecule has 2 amide bonds. The molecule has 1 saturated heterocycles. The van der Waals surface area contributed by atoms with Gasteiger partial charge in [0.1, 0.15) is 6.04 Å². The fourth-order valence-electron chi connectivity index (χ4n) is 2.54. The number of carbonyl (C=O) groups is 2. The highest BCUT2D eigenvalue weighted by molar-refractivity contribution is 5.88. The lowest BCUT2D eigenvalue weighted by molar-refractivity contribution is -0.142.